The van der Waals surface area contributed by atoms with Gasteiger partial charge in [0, 0.05) is 114 Å². The molecule has 102 heavy (non-hydrogen) atoms. The van der Waals surface area contributed by atoms with Crippen LogP contribution < -0.4 is 5.76 Å². The first-order valence-electron chi connectivity index (χ1n) is 32.6. The van der Waals surface area contributed by atoms with Crippen LogP contribution >= 0.6 is 0 Å². The molecule has 26 heteroatoms. The number of rotatable bonds is 5. The maximum Gasteiger partial charge on any atom is 0.419 e. The van der Waals surface area contributed by atoms with E-state index < -0.39 is 63.6 Å². The summed E-state index contributed by atoms with van der Waals surface area (Å²) in [6.07, 6.45) is 6.43. The summed E-state index contributed by atoms with van der Waals surface area (Å²) in [4.78, 5) is 155. The first-order valence-corrected chi connectivity index (χ1v) is 32.6. The summed E-state index contributed by atoms with van der Waals surface area (Å²) in [6, 6.07) is 37.8. The molecule has 0 radical (unpaired) electrons. The zero-order chi connectivity index (χ0) is 70.6. The average Bonchev–Trinajstić information content (AvgIpc) is 1.58. The molecule has 9 heterocycles. The van der Waals surface area contributed by atoms with Crippen LogP contribution in [0.25, 0.3) is 68.1 Å². The van der Waals surface area contributed by atoms with Gasteiger partial charge >= 0.3 is 5.76 Å². The molecule has 8 aliphatic rings. The number of Topliss-reactive ketones (excluding diaryl/α,β-unsaturated/α-hetero) is 10. The minimum absolute atomic E-state index is 0.0266. The van der Waals surface area contributed by atoms with E-state index in [1.54, 1.807) is 134 Å². The van der Waals surface area contributed by atoms with E-state index in [0.717, 1.165) is 43.3 Å². The summed E-state index contributed by atoms with van der Waals surface area (Å²) in [7, 11) is 1.41. The van der Waals surface area contributed by atoms with Crippen molar-refractivity contribution in [3.63, 3.8) is 0 Å². The number of nitrogens with zero attached hydrogens (tertiary/aromatic N) is 7. The van der Waals surface area contributed by atoms with Crippen LogP contribution in [-0.2, 0) is 21.3 Å². The van der Waals surface area contributed by atoms with Gasteiger partial charge in [-0.3, -0.25) is 62.4 Å². The Balaban J connectivity index is 0.000000103. The highest BCUT2D eigenvalue weighted by Crippen LogP contribution is 2.42. The third kappa shape index (κ3) is 11.6. The van der Waals surface area contributed by atoms with Crippen LogP contribution in [0.2, 0.25) is 0 Å². The Labute approximate surface area is 576 Å². The molecule has 508 valence electrons. The summed E-state index contributed by atoms with van der Waals surface area (Å²) in [5, 5.41) is 0. The van der Waals surface area contributed by atoms with Gasteiger partial charge in [-0.05, 0) is 44.7 Å². The molecule has 0 bridgehead atoms. The number of aromatic nitrogens is 6. The maximum absolute atomic E-state index is 12.3. The van der Waals surface area contributed by atoms with Crippen LogP contribution in [0.5, 0.6) is 0 Å². The highest BCUT2D eigenvalue weighted by Gasteiger charge is 2.42. The second-order valence-electron chi connectivity index (χ2n) is 24.5. The van der Waals surface area contributed by atoms with E-state index in [1.165, 1.54) is 7.05 Å². The fraction of sp³-hybridized carbons (Fsp3) is 0.211. The van der Waals surface area contributed by atoms with Crippen molar-refractivity contribution in [1.29, 1.82) is 0 Å². The summed E-state index contributed by atoms with van der Waals surface area (Å²) in [5.41, 5.74) is 5.93. The number of ketones is 10. The third-order valence-corrected chi connectivity index (χ3v) is 18.4. The highest BCUT2D eigenvalue weighted by molar-refractivity contribution is 6.54. The molecule has 3 aliphatic heterocycles. The van der Waals surface area contributed by atoms with Gasteiger partial charge in [-0.15, -0.1) is 0 Å². The lowest BCUT2D eigenvalue weighted by molar-refractivity contribution is 0.0147. The molecule has 2 atom stereocenters. The largest absolute Gasteiger partial charge is 0.440 e. The fourth-order valence-corrected chi connectivity index (χ4v) is 13.0. The molecule has 5 aromatic carbocycles. The molecule has 0 amide bonds. The fourth-order valence-electron chi connectivity index (χ4n) is 13.0. The predicted octanol–water partition coefficient (Wildman–Crippen LogP) is 11.1. The third-order valence-electron chi connectivity index (χ3n) is 18.4. The number of hydrogen-bond acceptors (Lipinski definition) is 25. The summed E-state index contributed by atoms with van der Waals surface area (Å²) in [6.45, 7) is 6.91. The lowest BCUT2D eigenvalue weighted by Crippen LogP contribution is -2.38. The maximum atomic E-state index is 12.3. The first kappa shape index (κ1) is 65.6. The number of pyridine rings is 1. The molecule has 0 spiro atoms. The van der Waals surface area contributed by atoms with E-state index in [4.69, 9.17) is 36.3 Å². The summed E-state index contributed by atoms with van der Waals surface area (Å²) < 4.78 is 45.5. The zero-order valence-corrected chi connectivity index (χ0v) is 54.3. The van der Waals surface area contributed by atoms with Gasteiger partial charge in [-0.2, -0.15) is 0 Å². The van der Waals surface area contributed by atoms with Gasteiger partial charge in [-0.1, -0.05) is 121 Å². The number of oxazole rings is 5. The molecule has 2 unspecified atom stereocenters. The number of carbonyl (C=O) groups is 10. The number of morpholine rings is 1. The number of fused-ring (bicyclic) bond motifs is 15. The van der Waals surface area contributed by atoms with Crippen molar-refractivity contribution in [3.05, 3.63) is 230 Å². The van der Waals surface area contributed by atoms with Crippen molar-refractivity contribution >= 4 is 57.8 Å². The van der Waals surface area contributed by atoms with Crippen molar-refractivity contribution in [2.45, 2.75) is 50.7 Å². The van der Waals surface area contributed by atoms with Crippen molar-refractivity contribution in [2.75, 3.05) is 46.1 Å². The van der Waals surface area contributed by atoms with Gasteiger partial charge in [0.1, 0.15) is 11.8 Å². The SMILES string of the molecule is CC(c1nc2c(o1)-c1ccccc1C(=O)C2=O)N1CCOCC1.Cn1c2c(oc1=O)-c1ccccc1C(=O)C2=O.O=C1C(=O)c2nc(-c3cccnc3)oc2-c2ccccc21.O=C1C(=O)c2nc(C3CCCO3)oc2-c2ccccc21.O=C1C(=O)c2nc(C3CCOCC3)oc2-c2ccccc21. The molecule has 6 aromatic heterocycles. The molecule has 26 nitrogen and oxygen atoms in total. The first-order chi connectivity index (χ1) is 49.5. The van der Waals surface area contributed by atoms with E-state index in [-0.39, 0.29) is 63.7 Å². The van der Waals surface area contributed by atoms with E-state index in [0.29, 0.717) is 129 Å². The Kier molecular flexibility index (Phi) is 17.4. The van der Waals surface area contributed by atoms with Gasteiger partial charge < -0.3 is 36.3 Å². The van der Waals surface area contributed by atoms with Crippen LogP contribution in [0.3, 0.4) is 0 Å². The Bertz CT molecular complexity index is 5390. The normalized spacial score (nSPS) is 17.2. The summed E-state index contributed by atoms with van der Waals surface area (Å²) in [5.74, 6) is -2.90. The summed E-state index contributed by atoms with van der Waals surface area (Å²) >= 11 is 0. The minimum atomic E-state index is -0.702. The van der Waals surface area contributed by atoms with Crippen LogP contribution in [0.1, 0.15) is 173 Å². The molecule has 3 saturated heterocycles. The molecule has 11 aromatic rings. The molecule has 19 rings (SSSR count). The standard InChI is InChI=1S/C17H16N2O4.C16H8N2O3.C16H13NO4.C15H11NO4.C12H7NO4/c1-10(19-6-8-22-9-7-19)17-18-13-15(21)14(20)11-4-2-3-5-12(11)16(13)23-17;19-13-10-5-1-2-6-11(10)15-12(14(13)20)18-16(21-15)9-4-3-7-17-8-9;18-13-10-3-1-2-4-11(10)15-12(14(13)19)17-16(21-15)9-5-7-20-8-6-9;17-12-8-4-1-2-5-9(8)14-11(13(12)18)16-15(20-14)10-6-3-7-19-10;1-13-8-10(15)9(14)6-4-2-3-5-7(6)11(8)17-12(13)16/h2-5,10H,6-9H2,1H3;1-8H;1-4,9H,5-8H2;1-2,4-5,10H,3,6-7H2;2-5H,1H3. The van der Waals surface area contributed by atoms with Crippen molar-refractivity contribution in [3.8, 4) is 68.1 Å². The van der Waals surface area contributed by atoms with Gasteiger partial charge in [-0.25, -0.2) is 24.7 Å². The van der Waals surface area contributed by atoms with Crippen LogP contribution in [0.15, 0.2) is 173 Å². The van der Waals surface area contributed by atoms with Crippen molar-refractivity contribution < 1.29 is 84.2 Å². The second-order valence-corrected chi connectivity index (χ2v) is 24.5. The minimum Gasteiger partial charge on any atom is -0.440 e. The van der Waals surface area contributed by atoms with Gasteiger partial charge in [0.25, 0.3) is 28.9 Å². The number of carbonyl (C=O) groups excluding carboxylic acids is 10. The Hall–Kier alpha value is -12.4. The van der Waals surface area contributed by atoms with Crippen LogP contribution in [-0.4, -0.2) is 138 Å². The predicted molar refractivity (Wildman–Crippen MR) is 355 cm³/mol. The monoisotopic (exact) mass is 1370 g/mol. The van der Waals surface area contributed by atoms with Gasteiger partial charge in [0.2, 0.25) is 46.6 Å². The van der Waals surface area contributed by atoms with Crippen molar-refractivity contribution in [1.82, 2.24) is 34.4 Å². The second kappa shape index (κ2) is 27.1. The Morgan fingerprint density at radius 2 is 0.824 bits per heavy atom. The van der Waals surface area contributed by atoms with Crippen LogP contribution in [0.4, 0.5) is 0 Å². The zero-order valence-electron chi connectivity index (χ0n) is 54.3. The molecule has 0 saturated carbocycles. The average molecular weight is 1370 g/mol. The molecule has 0 N–H and O–H groups in total. The van der Waals surface area contributed by atoms with Gasteiger partial charge in [0.05, 0.1) is 24.8 Å². The highest BCUT2D eigenvalue weighted by atomic mass is 16.5. The lowest BCUT2D eigenvalue weighted by atomic mass is 9.91. The quantitative estimate of drug-likeness (QED) is 0.144. The van der Waals surface area contributed by atoms with Crippen LogP contribution in [0, 0.1) is 0 Å². The number of ether oxygens (including phenoxy) is 3. The van der Waals surface area contributed by atoms with E-state index >= 15 is 0 Å². The smallest absolute Gasteiger partial charge is 0.419 e. The molecule has 5 aliphatic carbocycles. The molecular weight excluding hydrogens is 1310 g/mol. The number of benzene rings is 5. The number of hydrogen-bond donors (Lipinski definition) is 0. The van der Waals surface area contributed by atoms with Crippen molar-refractivity contribution in [2.24, 2.45) is 7.05 Å². The topological polar surface area (TPSA) is 354 Å². The van der Waals surface area contributed by atoms with E-state index in [1.807, 2.05) is 19.1 Å². The Morgan fingerprint density at radius 1 is 0.402 bits per heavy atom. The molecular formula is C76H55N7O19. The lowest BCUT2D eigenvalue weighted by Gasteiger charge is -2.30. The van der Waals surface area contributed by atoms with E-state index in [2.05, 4.69) is 29.8 Å². The van der Waals surface area contributed by atoms with Gasteiger partial charge in [0.15, 0.2) is 57.5 Å². The van der Waals surface area contributed by atoms with E-state index in [9.17, 15) is 52.7 Å². The Morgan fingerprint density at radius 3 is 1.30 bits per heavy atom. The molecule has 3 fully saturated rings.